The summed E-state index contributed by atoms with van der Waals surface area (Å²) in [5.74, 6) is -1.38. The molecular weight excluding hydrogens is 633 g/mol. The molecule has 0 saturated carbocycles. The van der Waals surface area contributed by atoms with Crippen LogP contribution in [0.2, 0.25) is 5.02 Å². The zero-order valence-corrected chi connectivity index (χ0v) is 24.0. The van der Waals surface area contributed by atoms with Crippen LogP contribution in [0.4, 0.5) is 33.3 Å². The molecule has 0 amide bonds. The van der Waals surface area contributed by atoms with Crippen LogP contribution in [0.3, 0.4) is 0 Å². The van der Waals surface area contributed by atoms with Crippen molar-refractivity contribution in [3.05, 3.63) is 68.9 Å². The lowest BCUT2D eigenvalue weighted by Crippen LogP contribution is -2.24. The van der Waals surface area contributed by atoms with Gasteiger partial charge in [0.2, 0.25) is 5.88 Å². The summed E-state index contributed by atoms with van der Waals surface area (Å²) in [7, 11) is -3.43. The van der Waals surface area contributed by atoms with Gasteiger partial charge < -0.3 is 20.0 Å². The van der Waals surface area contributed by atoms with Crippen molar-refractivity contribution in [2.45, 2.75) is 44.4 Å². The van der Waals surface area contributed by atoms with Crippen LogP contribution in [0.1, 0.15) is 31.5 Å². The maximum Gasteiger partial charge on any atom is 0.435 e. The number of sulfone groups is 1. The van der Waals surface area contributed by atoms with Gasteiger partial charge in [0.1, 0.15) is 27.8 Å². The minimum absolute atomic E-state index is 0.0352. The van der Waals surface area contributed by atoms with Crippen LogP contribution >= 0.6 is 11.6 Å². The number of hydrogen-bond acceptors (Lipinski definition) is 10. The lowest BCUT2D eigenvalue weighted by Gasteiger charge is -2.13. The molecule has 2 N–H and O–H groups in total. The first-order valence-electron chi connectivity index (χ1n) is 11.8. The number of nitrogen functional groups attached to an aromatic ring is 1. The van der Waals surface area contributed by atoms with E-state index in [9.17, 15) is 40.5 Å². The van der Waals surface area contributed by atoms with E-state index in [-0.39, 0.29) is 28.6 Å². The molecule has 2 heterocycles. The van der Waals surface area contributed by atoms with Crippen LogP contribution in [-0.2, 0) is 33.7 Å². The van der Waals surface area contributed by atoms with Crippen LogP contribution < -0.4 is 15.2 Å². The number of halogens is 6. The normalized spacial score (nSPS) is 14.4. The van der Waals surface area contributed by atoms with Crippen LogP contribution in [-0.4, -0.2) is 40.4 Å². The van der Waals surface area contributed by atoms with Gasteiger partial charge in [-0.15, -0.1) is 0 Å². The van der Waals surface area contributed by atoms with Crippen molar-refractivity contribution < 1.29 is 49.6 Å². The molecule has 0 aliphatic carbocycles. The van der Waals surface area contributed by atoms with Gasteiger partial charge in [-0.1, -0.05) is 35.0 Å². The number of ether oxygens (including phenoxy) is 2. The zero-order valence-electron chi connectivity index (χ0n) is 22.4. The Morgan fingerprint density at radius 3 is 2.35 bits per heavy atom. The Kier molecular flexibility index (Phi) is 9.75. The van der Waals surface area contributed by atoms with Crippen molar-refractivity contribution in [1.29, 1.82) is 0 Å². The summed E-state index contributed by atoms with van der Waals surface area (Å²) in [5.41, 5.74) is 1.68. The summed E-state index contributed by atoms with van der Waals surface area (Å²) in [4.78, 5) is 15.0. The Balaban J connectivity index is 0.000000248. The predicted octanol–water partition coefficient (Wildman–Crippen LogP) is 6.09. The molecule has 0 atom stereocenters. The number of nitrogens with zero attached hydrogens (tertiary/aromatic N) is 4. The molecule has 3 aromatic rings. The molecule has 0 spiro atoms. The highest BCUT2D eigenvalue weighted by Crippen LogP contribution is 2.39. The minimum Gasteiger partial charge on any atom is -0.456 e. The number of hydrogen-bond donors (Lipinski definition) is 1. The zero-order chi connectivity index (χ0) is 32.3. The number of oxime groups is 1. The maximum atomic E-state index is 13.1. The fourth-order valence-electron chi connectivity index (χ4n) is 3.60. The summed E-state index contributed by atoms with van der Waals surface area (Å²) in [6, 6.07) is 11.6. The molecule has 19 heteroatoms. The largest absolute Gasteiger partial charge is 0.456 e. The molecule has 12 nitrogen and oxygen atoms in total. The van der Waals surface area contributed by atoms with Crippen molar-refractivity contribution in [1.82, 2.24) is 9.78 Å². The monoisotopic (exact) mass is 655 g/mol. The summed E-state index contributed by atoms with van der Waals surface area (Å²) in [6.07, 6.45) is -5.22. The molecule has 43 heavy (non-hydrogen) atoms. The van der Waals surface area contributed by atoms with Gasteiger partial charge in [0.05, 0.1) is 16.2 Å². The van der Waals surface area contributed by atoms with Crippen LogP contribution in [0.25, 0.3) is 0 Å². The van der Waals surface area contributed by atoms with E-state index in [4.69, 9.17) is 26.9 Å². The van der Waals surface area contributed by atoms with Crippen LogP contribution in [0.15, 0.2) is 47.6 Å². The molecular formula is C24H23ClF5N5O7S. The van der Waals surface area contributed by atoms with E-state index in [1.165, 1.54) is 26.0 Å². The molecule has 0 saturated heterocycles. The second kappa shape index (κ2) is 12.6. The van der Waals surface area contributed by atoms with Gasteiger partial charge in [0.25, 0.3) is 5.69 Å². The minimum atomic E-state index is -5.06. The highest BCUT2D eigenvalue weighted by Gasteiger charge is 2.43. The van der Waals surface area contributed by atoms with Gasteiger partial charge in [0.15, 0.2) is 20.6 Å². The molecule has 1 aliphatic heterocycles. The Morgan fingerprint density at radius 1 is 1.21 bits per heavy atom. The molecule has 0 radical (unpaired) electrons. The van der Waals surface area contributed by atoms with E-state index in [0.29, 0.717) is 10.4 Å². The van der Waals surface area contributed by atoms with E-state index in [1.54, 1.807) is 24.3 Å². The smallest absolute Gasteiger partial charge is 0.435 e. The number of aryl methyl sites for hydroxylation is 1. The topological polar surface area (TPSA) is 161 Å². The second-order valence-electron chi connectivity index (χ2n) is 9.39. The number of anilines is 1. The standard InChI is InChI=1S/C12H9ClN2O3.C12H14F5N3O4S/c13-11-10(18-8-4-2-1-3-5-8)7-6-9(12(11)14)15(16)17;1-11(2)4-7(19-24-11)25(21,22)5-6-8(12(15,16)17)18-20(3)9(6)23-10(13)14/h1-7H,14H2;10H,4-5H2,1-3H3. The molecule has 2 aromatic carbocycles. The van der Waals surface area contributed by atoms with E-state index in [1.807, 2.05) is 6.07 Å². The van der Waals surface area contributed by atoms with Gasteiger partial charge in [-0.3, -0.25) is 10.1 Å². The third-order valence-corrected chi connectivity index (χ3v) is 7.51. The number of rotatable bonds is 7. The van der Waals surface area contributed by atoms with Crippen molar-refractivity contribution >= 4 is 37.9 Å². The third kappa shape index (κ3) is 8.22. The Hall–Kier alpha value is -4.19. The SMILES string of the molecule is Cn1nc(C(F)(F)F)c(CS(=O)(=O)C2=NOC(C)(C)C2)c1OC(F)F.Nc1c([N+](=O)[O-])ccc(Oc2ccccc2)c1Cl. The van der Waals surface area contributed by atoms with Gasteiger partial charge in [-0.2, -0.15) is 27.1 Å². The van der Waals surface area contributed by atoms with Gasteiger partial charge in [-0.25, -0.2) is 13.1 Å². The van der Waals surface area contributed by atoms with E-state index in [0.717, 1.165) is 7.05 Å². The van der Waals surface area contributed by atoms with Gasteiger partial charge in [-0.05, 0) is 32.0 Å². The van der Waals surface area contributed by atoms with E-state index in [2.05, 4.69) is 15.0 Å². The maximum absolute atomic E-state index is 13.1. The first-order valence-corrected chi connectivity index (χ1v) is 13.9. The molecule has 0 unspecified atom stereocenters. The van der Waals surface area contributed by atoms with E-state index < -0.39 is 61.1 Å². The fourth-order valence-corrected chi connectivity index (χ4v) is 5.33. The average Bonchev–Trinajstić information content (AvgIpc) is 3.42. The highest BCUT2D eigenvalue weighted by atomic mass is 35.5. The lowest BCUT2D eigenvalue weighted by molar-refractivity contribution is -0.383. The Labute approximate surface area is 245 Å². The number of alkyl halides is 5. The van der Waals surface area contributed by atoms with Crippen molar-refractivity contribution in [2.75, 3.05) is 5.73 Å². The fraction of sp³-hybridized carbons (Fsp3) is 0.333. The summed E-state index contributed by atoms with van der Waals surface area (Å²) < 4.78 is 98.9. The first kappa shape index (κ1) is 33.3. The van der Waals surface area contributed by atoms with E-state index >= 15 is 0 Å². The number of nitro benzene ring substituents is 1. The predicted molar refractivity (Wildman–Crippen MR) is 144 cm³/mol. The Bertz CT molecular complexity index is 1630. The molecule has 1 aliphatic rings. The van der Waals surface area contributed by atoms with Crippen molar-refractivity contribution in [2.24, 2.45) is 12.2 Å². The molecule has 0 fully saturated rings. The molecule has 234 valence electrons. The van der Waals surface area contributed by atoms with Crippen molar-refractivity contribution in [3.63, 3.8) is 0 Å². The Morgan fingerprint density at radius 2 is 1.84 bits per heavy atom. The molecule has 1 aromatic heterocycles. The summed E-state index contributed by atoms with van der Waals surface area (Å²) >= 11 is 5.94. The highest BCUT2D eigenvalue weighted by molar-refractivity contribution is 8.05. The number of nitrogens with two attached hydrogens (primary N) is 1. The number of nitro groups is 1. The third-order valence-electron chi connectivity index (χ3n) is 5.51. The molecule has 4 rings (SSSR count). The lowest BCUT2D eigenvalue weighted by atomic mass is 10.1. The van der Waals surface area contributed by atoms with Gasteiger partial charge in [0, 0.05) is 19.5 Å². The summed E-state index contributed by atoms with van der Waals surface area (Å²) in [6.45, 7) is -0.380. The van der Waals surface area contributed by atoms with Crippen molar-refractivity contribution in [3.8, 4) is 17.4 Å². The second-order valence-corrected chi connectivity index (χ2v) is 11.8. The summed E-state index contributed by atoms with van der Waals surface area (Å²) in [5, 5.41) is 16.7. The average molecular weight is 656 g/mol. The van der Waals surface area contributed by atoms with Gasteiger partial charge >= 0.3 is 12.8 Å². The quantitative estimate of drug-likeness (QED) is 0.137. The number of benzene rings is 2. The van der Waals surface area contributed by atoms with Crippen LogP contribution in [0, 0.1) is 10.1 Å². The number of para-hydroxylation sites is 1. The number of aromatic nitrogens is 2. The first-order chi connectivity index (χ1) is 19.8. The molecule has 0 bridgehead atoms. The van der Waals surface area contributed by atoms with Crippen LogP contribution in [0.5, 0.6) is 17.4 Å².